The van der Waals surface area contributed by atoms with E-state index >= 15 is 0 Å². The fourth-order valence-electron chi connectivity index (χ4n) is 3.11. The maximum Gasteiger partial charge on any atom is 0.485 e. The third-order valence-electron chi connectivity index (χ3n) is 4.51. The molecular formula is C16H32F3NO3S. The molecule has 1 aliphatic rings. The first-order chi connectivity index (χ1) is 11.1. The van der Waals surface area contributed by atoms with Crippen molar-refractivity contribution in [3.05, 3.63) is 0 Å². The van der Waals surface area contributed by atoms with Gasteiger partial charge in [0.15, 0.2) is 10.1 Å². The largest absolute Gasteiger partial charge is 0.741 e. The average Bonchev–Trinajstić information content (AvgIpc) is 2.50. The molecule has 1 rings (SSSR count). The first-order valence-electron chi connectivity index (χ1n) is 9.00. The van der Waals surface area contributed by atoms with Crippen molar-refractivity contribution < 1.29 is 31.0 Å². The topological polar surface area (TPSA) is 61.6 Å². The molecule has 1 N–H and O–H groups in total. The lowest BCUT2D eigenvalue weighted by Gasteiger charge is -2.32. The summed E-state index contributed by atoms with van der Waals surface area (Å²) in [6.07, 6.45) is 14.5. The highest BCUT2D eigenvalue weighted by Gasteiger charge is 2.36. The van der Waals surface area contributed by atoms with Gasteiger partial charge in [0.1, 0.15) is 0 Å². The van der Waals surface area contributed by atoms with E-state index in [1.54, 1.807) is 0 Å². The van der Waals surface area contributed by atoms with E-state index in [1.807, 2.05) is 4.90 Å². The summed E-state index contributed by atoms with van der Waals surface area (Å²) in [6, 6.07) is 0.990. The Bertz CT molecular complexity index is 413. The minimum atomic E-state index is -6.09. The summed E-state index contributed by atoms with van der Waals surface area (Å²) in [5, 5.41) is 0. The monoisotopic (exact) mass is 375 g/mol. The highest BCUT2D eigenvalue weighted by molar-refractivity contribution is 7.86. The van der Waals surface area contributed by atoms with Crippen LogP contribution in [0.15, 0.2) is 0 Å². The third kappa shape index (κ3) is 10.5. The Kier molecular flexibility index (Phi) is 11.9. The van der Waals surface area contributed by atoms with Gasteiger partial charge in [-0.1, -0.05) is 39.5 Å². The van der Waals surface area contributed by atoms with Gasteiger partial charge in [0, 0.05) is 0 Å². The van der Waals surface area contributed by atoms with Gasteiger partial charge in [-0.3, -0.25) is 0 Å². The molecule has 146 valence electrons. The van der Waals surface area contributed by atoms with Crippen molar-refractivity contribution in [1.29, 1.82) is 0 Å². The molecule has 0 aromatic rings. The van der Waals surface area contributed by atoms with Crippen LogP contribution >= 0.6 is 0 Å². The van der Waals surface area contributed by atoms with Crippen molar-refractivity contribution in [3.8, 4) is 0 Å². The van der Waals surface area contributed by atoms with Crippen LogP contribution in [0.2, 0.25) is 0 Å². The van der Waals surface area contributed by atoms with Gasteiger partial charge in [-0.2, -0.15) is 13.2 Å². The van der Waals surface area contributed by atoms with E-state index in [0.29, 0.717) is 0 Å². The van der Waals surface area contributed by atoms with Crippen molar-refractivity contribution in [3.63, 3.8) is 0 Å². The van der Waals surface area contributed by atoms with Crippen molar-refractivity contribution in [1.82, 2.24) is 0 Å². The molecule has 1 aliphatic heterocycles. The number of halogens is 3. The fraction of sp³-hybridized carbons (Fsp3) is 1.00. The molecule has 0 aromatic heterocycles. The maximum atomic E-state index is 10.7. The Morgan fingerprint density at radius 1 is 1.04 bits per heavy atom. The zero-order valence-electron chi connectivity index (χ0n) is 14.8. The number of nitrogens with one attached hydrogen (secondary N) is 1. The number of quaternary nitrogens is 1. The number of hydrogen-bond acceptors (Lipinski definition) is 3. The summed E-state index contributed by atoms with van der Waals surface area (Å²) in [4.78, 5) is 1.92. The van der Waals surface area contributed by atoms with Crippen molar-refractivity contribution in [2.45, 2.75) is 89.6 Å². The molecule has 4 nitrogen and oxygen atoms in total. The van der Waals surface area contributed by atoms with Gasteiger partial charge in [0.05, 0.1) is 19.1 Å². The normalized spacial score (nSPS) is 21.9. The van der Waals surface area contributed by atoms with Crippen LogP contribution in [-0.2, 0) is 10.1 Å². The molecule has 1 heterocycles. The van der Waals surface area contributed by atoms with E-state index < -0.39 is 15.6 Å². The summed E-state index contributed by atoms with van der Waals surface area (Å²) < 4.78 is 58.9. The summed E-state index contributed by atoms with van der Waals surface area (Å²) in [5.74, 6) is 0. The summed E-state index contributed by atoms with van der Waals surface area (Å²) in [6.45, 7) is 7.57. The molecule has 0 aliphatic carbocycles. The van der Waals surface area contributed by atoms with E-state index in [2.05, 4.69) is 13.8 Å². The van der Waals surface area contributed by atoms with Crippen molar-refractivity contribution in [2.24, 2.45) is 0 Å². The van der Waals surface area contributed by atoms with E-state index in [-0.39, 0.29) is 0 Å². The number of rotatable bonds is 8. The number of likely N-dealkylation sites (tertiary alicyclic amines) is 1. The predicted octanol–water partition coefficient (Wildman–Crippen LogP) is 3.25. The Morgan fingerprint density at radius 2 is 1.58 bits per heavy atom. The summed E-state index contributed by atoms with van der Waals surface area (Å²) in [7, 11) is -6.09. The second kappa shape index (κ2) is 12.1. The van der Waals surface area contributed by atoms with E-state index in [9.17, 15) is 13.2 Å². The van der Waals surface area contributed by atoms with Crippen LogP contribution in [0.1, 0.15) is 78.1 Å². The number of unbranched alkanes of at least 4 members (excludes halogenated alkanes) is 5. The van der Waals surface area contributed by atoms with Crippen molar-refractivity contribution >= 4 is 10.1 Å². The van der Waals surface area contributed by atoms with Crippen LogP contribution < -0.4 is 4.90 Å². The Labute approximate surface area is 144 Å². The lowest BCUT2D eigenvalue weighted by Crippen LogP contribution is -3.16. The Balaban J connectivity index is 0.000000561. The SMILES string of the molecule is CCCCCCCC[NH+]1CCCCC1CC.O=S(=O)([O-])C(F)(F)F. The number of alkyl halides is 3. The van der Waals surface area contributed by atoms with Crippen molar-refractivity contribution in [2.75, 3.05) is 13.1 Å². The number of piperidine rings is 1. The van der Waals surface area contributed by atoms with Crippen LogP contribution in [0, 0.1) is 0 Å². The fourth-order valence-corrected chi connectivity index (χ4v) is 3.11. The molecule has 0 saturated carbocycles. The summed E-state index contributed by atoms with van der Waals surface area (Å²) >= 11 is 0. The first-order valence-corrected chi connectivity index (χ1v) is 10.4. The third-order valence-corrected chi connectivity index (χ3v) is 5.07. The van der Waals surface area contributed by atoms with Crippen LogP contribution in [0.5, 0.6) is 0 Å². The smallest absolute Gasteiger partial charge is 0.485 e. The van der Waals surface area contributed by atoms with Gasteiger partial charge in [0.25, 0.3) is 0 Å². The second-order valence-electron chi connectivity index (χ2n) is 6.43. The molecule has 1 saturated heterocycles. The second-order valence-corrected chi connectivity index (χ2v) is 7.80. The molecular weight excluding hydrogens is 343 g/mol. The highest BCUT2D eigenvalue weighted by Crippen LogP contribution is 2.20. The molecule has 0 aromatic carbocycles. The minimum Gasteiger partial charge on any atom is -0.741 e. The molecule has 24 heavy (non-hydrogen) atoms. The molecule has 0 bridgehead atoms. The van der Waals surface area contributed by atoms with Crippen LogP contribution in [0.25, 0.3) is 0 Å². The minimum absolute atomic E-state index is 0.990. The van der Waals surface area contributed by atoms with Gasteiger partial charge < -0.3 is 9.45 Å². The zero-order valence-corrected chi connectivity index (χ0v) is 15.6. The molecule has 0 amide bonds. The Morgan fingerprint density at radius 3 is 2.08 bits per heavy atom. The molecule has 1 fully saturated rings. The van der Waals surface area contributed by atoms with Gasteiger partial charge in [-0.05, 0) is 38.5 Å². The standard InChI is InChI=1S/C15H31N.CHF3O3S/c1-3-5-6-7-8-10-13-16-14-11-9-12-15(16)4-2;2-1(3,4)8(5,6)7/h15H,3-14H2,1-2H3;(H,5,6,7). The number of hydrogen-bond donors (Lipinski definition) is 1. The quantitative estimate of drug-likeness (QED) is 0.402. The predicted molar refractivity (Wildman–Crippen MR) is 87.8 cm³/mol. The lowest BCUT2D eigenvalue weighted by molar-refractivity contribution is -0.931. The molecule has 2 atom stereocenters. The van der Waals surface area contributed by atoms with Gasteiger partial charge in [0.2, 0.25) is 0 Å². The van der Waals surface area contributed by atoms with Crippen LogP contribution in [0.4, 0.5) is 13.2 Å². The van der Waals surface area contributed by atoms with Gasteiger partial charge in [-0.25, -0.2) is 8.42 Å². The zero-order chi connectivity index (χ0) is 18.6. The van der Waals surface area contributed by atoms with E-state index in [4.69, 9.17) is 13.0 Å². The van der Waals surface area contributed by atoms with E-state index in [0.717, 1.165) is 6.04 Å². The van der Waals surface area contributed by atoms with Gasteiger partial charge >= 0.3 is 5.51 Å². The van der Waals surface area contributed by atoms with E-state index in [1.165, 1.54) is 77.3 Å². The van der Waals surface area contributed by atoms with Crippen LogP contribution in [-0.4, -0.2) is 37.6 Å². The van der Waals surface area contributed by atoms with Crippen LogP contribution in [0.3, 0.4) is 0 Å². The first kappa shape index (κ1) is 23.7. The average molecular weight is 375 g/mol. The molecule has 8 heteroatoms. The summed E-state index contributed by atoms with van der Waals surface area (Å²) in [5.41, 5.74) is -5.65. The Hall–Kier alpha value is -0.340. The maximum absolute atomic E-state index is 10.7. The molecule has 0 spiro atoms. The molecule has 2 unspecified atom stereocenters. The highest BCUT2D eigenvalue weighted by atomic mass is 32.2. The lowest BCUT2D eigenvalue weighted by atomic mass is 9.99. The van der Waals surface area contributed by atoms with Gasteiger partial charge in [-0.15, -0.1) is 0 Å². The molecule has 0 radical (unpaired) electrons.